The highest BCUT2D eigenvalue weighted by atomic mass is 32.1. The molecule has 0 aliphatic rings. The molecule has 4 nitrogen and oxygen atoms in total. The molecular formula is C11H10N2O2S. The van der Waals surface area contributed by atoms with Gasteiger partial charge < -0.3 is 4.74 Å². The lowest BCUT2D eigenvalue weighted by Gasteiger charge is -2.06. The van der Waals surface area contributed by atoms with E-state index in [-0.39, 0.29) is 5.91 Å². The Morgan fingerprint density at radius 2 is 2.25 bits per heavy atom. The lowest BCUT2D eigenvalue weighted by atomic mass is 10.2. The third kappa shape index (κ3) is 2.20. The van der Waals surface area contributed by atoms with Crippen LogP contribution in [0.2, 0.25) is 0 Å². The Kier molecular flexibility index (Phi) is 3.16. The predicted molar refractivity (Wildman–Crippen MR) is 63.1 cm³/mol. The van der Waals surface area contributed by atoms with Gasteiger partial charge in [0.1, 0.15) is 5.75 Å². The number of aromatic nitrogens is 1. The topological polar surface area (TPSA) is 51.2 Å². The van der Waals surface area contributed by atoms with Gasteiger partial charge in [-0.15, -0.1) is 11.3 Å². The number of methoxy groups -OCH3 is 1. The minimum atomic E-state index is -0.215. The van der Waals surface area contributed by atoms with E-state index in [1.54, 1.807) is 29.8 Å². The number of ether oxygens (including phenoxy) is 1. The molecule has 0 saturated carbocycles. The van der Waals surface area contributed by atoms with Crippen molar-refractivity contribution >= 4 is 22.4 Å². The summed E-state index contributed by atoms with van der Waals surface area (Å²) in [6.45, 7) is 0. The van der Waals surface area contributed by atoms with Crippen molar-refractivity contribution in [2.75, 3.05) is 12.4 Å². The molecule has 0 saturated heterocycles. The van der Waals surface area contributed by atoms with E-state index < -0.39 is 0 Å². The van der Waals surface area contributed by atoms with Crippen LogP contribution in [0.15, 0.2) is 35.8 Å². The van der Waals surface area contributed by atoms with Gasteiger partial charge in [-0.05, 0) is 12.1 Å². The Balaban J connectivity index is 2.21. The van der Waals surface area contributed by atoms with Crippen LogP contribution in [0.4, 0.5) is 5.13 Å². The molecule has 2 rings (SSSR count). The summed E-state index contributed by atoms with van der Waals surface area (Å²) >= 11 is 1.38. The van der Waals surface area contributed by atoms with E-state index in [2.05, 4.69) is 10.3 Å². The van der Waals surface area contributed by atoms with Crippen LogP contribution in [0, 0.1) is 0 Å². The zero-order valence-corrected chi connectivity index (χ0v) is 9.45. The van der Waals surface area contributed by atoms with Crippen molar-refractivity contribution in [2.24, 2.45) is 0 Å². The molecule has 0 aliphatic heterocycles. The maximum absolute atomic E-state index is 11.9. The van der Waals surface area contributed by atoms with E-state index in [0.717, 1.165) is 0 Å². The molecule has 0 radical (unpaired) electrons. The minimum absolute atomic E-state index is 0.215. The number of hydrogen-bond acceptors (Lipinski definition) is 4. The molecule has 2 aromatic rings. The van der Waals surface area contributed by atoms with E-state index in [9.17, 15) is 4.79 Å². The average Bonchev–Trinajstić information content (AvgIpc) is 2.81. The van der Waals surface area contributed by atoms with Crippen LogP contribution in [-0.4, -0.2) is 18.0 Å². The fraction of sp³-hybridized carbons (Fsp3) is 0.0909. The van der Waals surface area contributed by atoms with Crippen LogP contribution in [-0.2, 0) is 0 Å². The largest absolute Gasteiger partial charge is 0.496 e. The van der Waals surface area contributed by atoms with Crippen molar-refractivity contribution in [3.05, 3.63) is 41.4 Å². The number of anilines is 1. The van der Waals surface area contributed by atoms with Gasteiger partial charge in [0.15, 0.2) is 5.13 Å². The first-order valence-electron chi connectivity index (χ1n) is 4.65. The number of nitrogens with one attached hydrogen (secondary N) is 1. The van der Waals surface area contributed by atoms with E-state index in [4.69, 9.17) is 4.74 Å². The van der Waals surface area contributed by atoms with Gasteiger partial charge in [-0.1, -0.05) is 12.1 Å². The molecule has 1 amide bonds. The van der Waals surface area contributed by atoms with Crippen molar-refractivity contribution in [2.45, 2.75) is 0 Å². The molecule has 0 atom stereocenters. The predicted octanol–water partition coefficient (Wildman–Crippen LogP) is 2.40. The highest BCUT2D eigenvalue weighted by molar-refractivity contribution is 7.13. The summed E-state index contributed by atoms with van der Waals surface area (Å²) in [6.07, 6.45) is 1.64. The smallest absolute Gasteiger partial charge is 0.261 e. The summed E-state index contributed by atoms with van der Waals surface area (Å²) in [6, 6.07) is 7.07. The van der Waals surface area contributed by atoms with Crippen LogP contribution >= 0.6 is 11.3 Å². The van der Waals surface area contributed by atoms with Gasteiger partial charge in [0.05, 0.1) is 12.7 Å². The second-order valence-electron chi connectivity index (χ2n) is 2.99. The second kappa shape index (κ2) is 4.76. The molecule has 1 N–H and O–H groups in total. The maximum atomic E-state index is 11.9. The normalized spacial score (nSPS) is 9.81. The molecular weight excluding hydrogens is 224 g/mol. The van der Waals surface area contributed by atoms with Gasteiger partial charge in [-0.2, -0.15) is 0 Å². The standard InChI is InChI=1S/C11H10N2O2S/c1-15-9-5-3-2-4-8(9)10(14)13-11-12-6-7-16-11/h2-7H,1H3,(H,12,13,14). The zero-order chi connectivity index (χ0) is 11.4. The molecule has 0 bridgehead atoms. The summed E-state index contributed by atoms with van der Waals surface area (Å²) in [5.41, 5.74) is 0.500. The van der Waals surface area contributed by atoms with Crippen molar-refractivity contribution in [3.63, 3.8) is 0 Å². The van der Waals surface area contributed by atoms with Crippen LogP contribution < -0.4 is 10.1 Å². The van der Waals surface area contributed by atoms with E-state index in [1.807, 2.05) is 6.07 Å². The fourth-order valence-corrected chi connectivity index (χ4v) is 1.81. The van der Waals surface area contributed by atoms with Crippen molar-refractivity contribution in [3.8, 4) is 5.75 Å². The number of carbonyl (C=O) groups is 1. The summed E-state index contributed by atoms with van der Waals surface area (Å²) in [7, 11) is 1.54. The average molecular weight is 234 g/mol. The molecule has 82 valence electrons. The number of carbonyl (C=O) groups excluding carboxylic acids is 1. The van der Waals surface area contributed by atoms with E-state index in [0.29, 0.717) is 16.4 Å². The van der Waals surface area contributed by atoms with Gasteiger partial charge in [-0.3, -0.25) is 10.1 Å². The van der Waals surface area contributed by atoms with Gasteiger partial charge in [0.25, 0.3) is 5.91 Å². The molecule has 1 heterocycles. The summed E-state index contributed by atoms with van der Waals surface area (Å²) in [5.74, 6) is 0.337. The third-order valence-corrected chi connectivity index (χ3v) is 2.69. The Bertz CT molecular complexity index is 482. The first-order chi connectivity index (χ1) is 7.81. The molecule has 0 unspecified atom stereocenters. The SMILES string of the molecule is COc1ccccc1C(=O)Nc1nccs1. The Morgan fingerprint density at radius 1 is 1.44 bits per heavy atom. The molecule has 1 aromatic heterocycles. The number of thiazole rings is 1. The molecule has 0 fully saturated rings. The van der Waals surface area contributed by atoms with Crippen molar-refractivity contribution in [1.82, 2.24) is 4.98 Å². The van der Waals surface area contributed by atoms with Crippen molar-refractivity contribution < 1.29 is 9.53 Å². The molecule has 0 spiro atoms. The lowest BCUT2D eigenvalue weighted by Crippen LogP contribution is -2.12. The van der Waals surface area contributed by atoms with Crippen molar-refractivity contribution in [1.29, 1.82) is 0 Å². The first-order valence-corrected chi connectivity index (χ1v) is 5.53. The quantitative estimate of drug-likeness (QED) is 0.887. The fourth-order valence-electron chi connectivity index (χ4n) is 1.28. The Morgan fingerprint density at radius 3 is 2.94 bits per heavy atom. The van der Waals surface area contributed by atoms with Crippen LogP contribution in [0.25, 0.3) is 0 Å². The van der Waals surface area contributed by atoms with E-state index >= 15 is 0 Å². The molecule has 1 aromatic carbocycles. The number of para-hydroxylation sites is 1. The van der Waals surface area contributed by atoms with Gasteiger partial charge >= 0.3 is 0 Å². The number of benzene rings is 1. The summed E-state index contributed by atoms with van der Waals surface area (Å²) in [4.78, 5) is 15.9. The number of amides is 1. The van der Waals surface area contributed by atoms with E-state index in [1.165, 1.54) is 18.4 Å². The molecule has 0 aliphatic carbocycles. The molecule has 16 heavy (non-hydrogen) atoms. The highest BCUT2D eigenvalue weighted by Gasteiger charge is 2.12. The second-order valence-corrected chi connectivity index (χ2v) is 3.89. The third-order valence-electron chi connectivity index (χ3n) is 2.00. The summed E-state index contributed by atoms with van der Waals surface area (Å²) in [5, 5.41) is 5.08. The number of nitrogens with zero attached hydrogens (tertiary/aromatic N) is 1. The first kappa shape index (κ1) is 10.6. The van der Waals surface area contributed by atoms with Crippen LogP contribution in [0.1, 0.15) is 10.4 Å². The van der Waals surface area contributed by atoms with Gasteiger partial charge in [0, 0.05) is 11.6 Å². The van der Waals surface area contributed by atoms with Gasteiger partial charge in [0.2, 0.25) is 0 Å². The van der Waals surface area contributed by atoms with Crippen LogP contribution in [0.5, 0.6) is 5.75 Å². The zero-order valence-electron chi connectivity index (χ0n) is 8.64. The number of hydrogen-bond donors (Lipinski definition) is 1. The maximum Gasteiger partial charge on any atom is 0.261 e. The highest BCUT2D eigenvalue weighted by Crippen LogP contribution is 2.19. The monoisotopic (exact) mass is 234 g/mol. The molecule has 5 heteroatoms. The van der Waals surface area contributed by atoms with Crippen LogP contribution in [0.3, 0.4) is 0 Å². The lowest BCUT2D eigenvalue weighted by molar-refractivity contribution is 0.102. The number of rotatable bonds is 3. The Labute approximate surface area is 96.9 Å². The Hall–Kier alpha value is -1.88. The summed E-state index contributed by atoms with van der Waals surface area (Å²) < 4.78 is 5.11. The minimum Gasteiger partial charge on any atom is -0.496 e. The van der Waals surface area contributed by atoms with Gasteiger partial charge in [-0.25, -0.2) is 4.98 Å².